The van der Waals surface area contributed by atoms with E-state index < -0.39 is 23.2 Å². The zero-order valence-corrected chi connectivity index (χ0v) is 13.8. The molecule has 1 saturated heterocycles. The van der Waals surface area contributed by atoms with Crippen molar-refractivity contribution in [2.24, 2.45) is 0 Å². The maximum absolute atomic E-state index is 14.3. The first-order chi connectivity index (χ1) is 11.4. The Hall–Kier alpha value is -2.35. The number of carboxylic acid groups (broad SMARTS) is 1. The van der Waals surface area contributed by atoms with E-state index in [-0.39, 0.29) is 36.6 Å². The highest BCUT2D eigenvalue weighted by molar-refractivity contribution is 6.01. The van der Waals surface area contributed by atoms with Crippen molar-refractivity contribution >= 4 is 11.9 Å². The fourth-order valence-corrected chi connectivity index (χ4v) is 3.08. The maximum Gasteiger partial charge on any atom is 0.332 e. The van der Waals surface area contributed by atoms with Gasteiger partial charge >= 0.3 is 5.97 Å². The number of amides is 1. The van der Waals surface area contributed by atoms with Crippen LogP contribution in [0.15, 0.2) is 12.1 Å². The Kier molecular flexibility index (Phi) is 5.28. The minimum Gasteiger partial charge on any atom is -0.493 e. The van der Waals surface area contributed by atoms with Crippen molar-refractivity contribution in [1.29, 1.82) is 0 Å². The lowest BCUT2D eigenvalue weighted by Crippen LogP contribution is -2.56. The molecule has 8 heteroatoms. The van der Waals surface area contributed by atoms with E-state index >= 15 is 0 Å². The van der Waals surface area contributed by atoms with Gasteiger partial charge in [-0.1, -0.05) is 0 Å². The molecule has 0 spiro atoms. The largest absolute Gasteiger partial charge is 0.493 e. The molecule has 1 aromatic rings. The van der Waals surface area contributed by atoms with Gasteiger partial charge in [0.1, 0.15) is 11.4 Å². The van der Waals surface area contributed by atoms with Gasteiger partial charge in [-0.05, 0) is 25.0 Å². The number of benzene rings is 1. The first-order valence-corrected chi connectivity index (χ1v) is 7.37. The Morgan fingerprint density at radius 1 is 1.29 bits per heavy atom. The number of carbonyl (C=O) groups excluding carboxylic acids is 1. The van der Waals surface area contributed by atoms with E-state index in [9.17, 15) is 19.1 Å². The molecule has 0 aromatic heterocycles. The van der Waals surface area contributed by atoms with Crippen molar-refractivity contribution in [3.63, 3.8) is 0 Å². The van der Waals surface area contributed by atoms with Crippen LogP contribution in [0.4, 0.5) is 4.39 Å². The molecule has 1 heterocycles. The monoisotopic (exact) mass is 341 g/mol. The first kappa shape index (κ1) is 18.0. The number of methoxy groups -OCH3 is 3. The van der Waals surface area contributed by atoms with Crippen LogP contribution in [0.25, 0.3) is 0 Å². The summed E-state index contributed by atoms with van der Waals surface area (Å²) in [7, 11) is 4.02. The van der Waals surface area contributed by atoms with Crippen LogP contribution in [0.5, 0.6) is 11.5 Å². The molecule has 1 atom stereocenters. The lowest BCUT2D eigenvalue weighted by atomic mass is 9.96. The fraction of sp³-hybridized carbons (Fsp3) is 0.500. The zero-order valence-electron chi connectivity index (χ0n) is 13.8. The normalized spacial score (nSPS) is 20.1. The third-order valence-corrected chi connectivity index (χ3v) is 4.22. The molecule has 1 fully saturated rings. The number of carbonyl (C=O) groups is 2. The number of aliphatic carboxylic acids is 1. The summed E-state index contributed by atoms with van der Waals surface area (Å²) in [5.74, 6) is -2.63. The second-order valence-corrected chi connectivity index (χ2v) is 5.49. The second-order valence-electron chi connectivity index (χ2n) is 5.49. The SMILES string of the molecule is COCC1(C(=O)O)CCCN1C(=O)c1c(F)ccc(OC)c1OC. The molecular weight excluding hydrogens is 321 g/mol. The van der Waals surface area contributed by atoms with Crippen LogP contribution in [-0.2, 0) is 9.53 Å². The molecule has 7 nitrogen and oxygen atoms in total. The van der Waals surface area contributed by atoms with Gasteiger partial charge in [0.05, 0.1) is 20.8 Å². The highest BCUT2D eigenvalue weighted by Gasteiger charge is 2.51. The average molecular weight is 341 g/mol. The summed E-state index contributed by atoms with van der Waals surface area (Å²) < 4.78 is 29.6. The van der Waals surface area contributed by atoms with Gasteiger partial charge in [0.25, 0.3) is 5.91 Å². The number of hydrogen-bond donors (Lipinski definition) is 1. The van der Waals surface area contributed by atoms with Crippen molar-refractivity contribution in [2.75, 3.05) is 34.5 Å². The van der Waals surface area contributed by atoms with Crippen LogP contribution in [0.3, 0.4) is 0 Å². The molecule has 1 aliphatic rings. The number of hydrogen-bond acceptors (Lipinski definition) is 5. The number of likely N-dealkylation sites (tertiary alicyclic amines) is 1. The van der Waals surface area contributed by atoms with Crippen LogP contribution in [0.2, 0.25) is 0 Å². The fourth-order valence-electron chi connectivity index (χ4n) is 3.08. The Morgan fingerprint density at radius 2 is 2.00 bits per heavy atom. The molecule has 1 aromatic carbocycles. The molecule has 0 saturated carbocycles. The van der Waals surface area contributed by atoms with Crippen LogP contribution in [-0.4, -0.2) is 61.9 Å². The van der Waals surface area contributed by atoms with Gasteiger partial charge in [0.15, 0.2) is 17.0 Å². The summed E-state index contributed by atoms with van der Waals surface area (Å²) in [6, 6.07) is 2.43. The standard InChI is InChI=1S/C16H20FNO6/c1-22-9-16(15(20)21)7-4-8-18(16)14(19)12-10(17)5-6-11(23-2)13(12)24-3/h5-6H,4,7-9H2,1-3H3,(H,20,21). The molecule has 24 heavy (non-hydrogen) atoms. The summed E-state index contributed by atoms with van der Waals surface area (Å²) in [6.45, 7) is 0.0102. The van der Waals surface area contributed by atoms with Gasteiger partial charge in [0.2, 0.25) is 0 Å². The minimum atomic E-state index is -1.52. The number of ether oxygens (including phenoxy) is 3. The van der Waals surface area contributed by atoms with E-state index in [4.69, 9.17) is 14.2 Å². The molecule has 0 aliphatic carbocycles. The molecule has 2 rings (SSSR count). The Labute approximate surface area is 138 Å². The van der Waals surface area contributed by atoms with Crippen LogP contribution >= 0.6 is 0 Å². The van der Waals surface area contributed by atoms with Crippen molar-refractivity contribution in [3.8, 4) is 11.5 Å². The molecule has 1 amide bonds. The third kappa shape index (κ3) is 2.77. The van der Waals surface area contributed by atoms with E-state index in [1.54, 1.807) is 0 Å². The van der Waals surface area contributed by atoms with E-state index in [1.165, 1.54) is 27.4 Å². The van der Waals surface area contributed by atoms with Gasteiger partial charge in [-0.3, -0.25) is 4.79 Å². The van der Waals surface area contributed by atoms with Crippen molar-refractivity contribution in [2.45, 2.75) is 18.4 Å². The molecule has 132 valence electrons. The summed E-state index contributed by atoms with van der Waals surface area (Å²) in [5, 5.41) is 9.63. The lowest BCUT2D eigenvalue weighted by Gasteiger charge is -2.34. The highest BCUT2D eigenvalue weighted by Crippen LogP contribution is 2.37. The Morgan fingerprint density at radius 3 is 2.54 bits per heavy atom. The summed E-state index contributed by atoms with van der Waals surface area (Å²) >= 11 is 0. The highest BCUT2D eigenvalue weighted by atomic mass is 19.1. The maximum atomic E-state index is 14.3. The van der Waals surface area contributed by atoms with Gasteiger partial charge in [-0.25, -0.2) is 9.18 Å². The predicted octanol–water partition coefficient (Wildman–Crippen LogP) is 1.55. The predicted molar refractivity (Wildman–Crippen MR) is 82.0 cm³/mol. The lowest BCUT2D eigenvalue weighted by molar-refractivity contribution is -0.151. The van der Waals surface area contributed by atoms with Crippen molar-refractivity contribution in [1.82, 2.24) is 4.90 Å². The third-order valence-electron chi connectivity index (χ3n) is 4.22. The quantitative estimate of drug-likeness (QED) is 0.845. The van der Waals surface area contributed by atoms with Gasteiger partial charge in [-0.2, -0.15) is 0 Å². The van der Waals surface area contributed by atoms with Gasteiger partial charge in [-0.15, -0.1) is 0 Å². The van der Waals surface area contributed by atoms with E-state index in [0.717, 1.165) is 11.0 Å². The minimum absolute atomic E-state index is 0.0638. The topological polar surface area (TPSA) is 85.3 Å². The molecule has 1 aliphatic heterocycles. The van der Waals surface area contributed by atoms with Gasteiger partial charge in [0, 0.05) is 13.7 Å². The molecule has 0 radical (unpaired) electrons. The summed E-state index contributed by atoms with van der Waals surface area (Å²) in [6.07, 6.45) is 0.713. The van der Waals surface area contributed by atoms with Crippen LogP contribution in [0.1, 0.15) is 23.2 Å². The smallest absolute Gasteiger partial charge is 0.332 e. The molecule has 1 unspecified atom stereocenters. The van der Waals surface area contributed by atoms with Crippen molar-refractivity contribution < 1.29 is 33.3 Å². The summed E-state index contributed by atoms with van der Waals surface area (Å²) in [5.41, 5.74) is -1.87. The average Bonchev–Trinajstić information content (AvgIpc) is 2.99. The van der Waals surface area contributed by atoms with Crippen LogP contribution < -0.4 is 9.47 Å². The number of rotatable bonds is 6. The van der Waals surface area contributed by atoms with Gasteiger partial charge < -0.3 is 24.2 Å². The number of halogens is 1. The summed E-state index contributed by atoms with van der Waals surface area (Å²) in [4.78, 5) is 25.9. The van der Waals surface area contributed by atoms with Crippen molar-refractivity contribution in [3.05, 3.63) is 23.5 Å². The zero-order chi connectivity index (χ0) is 17.9. The Bertz CT molecular complexity index is 650. The van der Waals surface area contributed by atoms with E-state index in [0.29, 0.717) is 6.42 Å². The first-order valence-electron chi connectivity index (χ1n) is 7.37. The number of carboxylic acids is 1. The van der Waals surface area contributed by atoms with E-state index in [1.807, 2.05) is 0 Å². The van der Waals surface area contributed by atoms with E-state index in [2.05, 4.69) is 0 Å². The molecule has 0 bridgehead atoms. The second kappa shape index (κ2) is 7.04. The van der Waals surface area contributed by atoms with Crippen LogP contribution in [0, 0.1) is 5.82 Å². The Balaban J connectivity index is 2.54. The molecular formula is C16H20FNO6. The number of nitrogens with zero attached hydrogens (tertiary/aromatic N) is 1. The molecule has 1 N–H and O–H groups in total.